The Kier molecular flexibility index (Phi) is 11.0. The molecule has 0 aliphatic rings. The van der Waals surface area contributed by atoms with E-state index >= 15 is 0 Å². The number of halogens is 2. The fraction of sp³-hybridized carbons (Fsp3) is 0.333. The molecule has 214 valence electrons. The summed E-state index contributed by atoms with van der Waals surface area (Å²) in [6.07, 6.45) is 1.29. The minimum absolute atomic E-state index is 0.0781. The molecule has 40 heavy (non-hydrogen) atoms. The van der Waals surface area contributed by atoms with Crippen LogP contribution in [0.2, 0.25) is 10.0 Å². The summed E-state index contributed by atoms with van der Waals surface area (Å²) in [5, 5.41) is 3.88. The molecule has 0 saturated heterocycles. The fourth-order valence-electron chi connectivity index (χ4n) is 4.22. The summed E-state index contributed by atoms with van der Waals surface area (Å²) >= 11 is 12.4. The van der Waals surface area contributed by atoms with E-state index in [9.17, 15) is 18.0 Å². The third kappa shape index (κ3) is 8.71. The number of hydrogen-bond acceptors (Lipinski definition) is 4. The number of benzene rings is 3. The summed E-state index contributed by atoms with van der Waals surface area (Å²) in [6.45, 7) is 5.68. The summed E-state index contributed by atoms with van der Waals surface area (Å²) in [6, 6.07) is 20.4. The second-order valence-electron chi connectivity index (χ2n) is 10.1. The molecule has 0 aliphatic carbocycles. The third-order valence-corrected chi connectivity index (χ3v) is 8.20. The van der Waals surface area contributed by atoms with Crippen LogP contribution in [0.15, 0.2) is 72.8 Å². The van der Waals surface area contributed by atoms with Gasteiger partial charge in [0.15, 0.2) is 0 Å². The number of amides is 2. The first kappa shape index (κ1) is 31.5. The van der Waals surface area contributed by atoms with E-state index in [0.29, 0.717) is 27.8 Å². The van der Waals surface area contributed by atoms with Crippen LogP contribution in [0.1, 0.15) is 30.5 Å². The van der Waals surface area contributed by atoms with E-state index in [-0.39, 0.29) is 24.8 Å². The van der Waals surface area contributed by atoms with Gasteiger partial charge in [-0.2, -0.15) is 0 Å². The zero-order valence-electron chi connectivity index (χ0n) is 23.1. The summed E-state index contributed by atoms with van der Waals surface area (Å²) in [4.78, 5) is 29.2. The largest absolute Gasteiger partial charge is 0.354 e. The van der Waals surface area contributed by atoms with E-state index in [0.717, 1.165) is 21.7 Å². The number of sulfonamides is 1. The lowest BCUT2D eigenvalue weighted by Crippen LogP contribution is -2.53. The van der Waals surface area contributed by atoms with Crippen LogP contribution in [0, 0.1) is 12.8 Å². The molecule has 0 spiro atoms. The van der Waals surface area contributed by atoms with Crippen LogP contribution >= 0.6 is 23.2 Å². The minimum atomic E-state index is -3.88. The Labute approximate surface area is 247 Å². The molecule has 2 amide bonds. The van der Waals surface area contributed by atoms with Gasteiger partial charge < -0.3 is 10.2 Å². The zero-order valence-corrected chi connectivity index (χ0v) is 25.4. The lowest BCUT2D eigenvalue weighted by Gasteiger charge is -2.34. The van der Waals surface area contributed by atoms with Crippen molar-refractivity contribution in [3.05, 3.63) is 99.5 Å². The molecular weight excluding hydrogens is 569 g/mol. The molecule has 3 aromatic rings. The van der Waals surface area contributed by atoms with Crippen LogP contribution < -0.4 is 9.62 Å². The topological polar surface area (TPSA) is 86.8 Å². The first-order valence-corrected chi connectivity index (χ1v) is 15.6. The first-order chi connectivity index (χ1) is 18.9. The maximum atomic E-state index is 14.1. The highest BCUT2D eigenvalue weighted by Crippen LogP contribution is 2.28. The minimum Gasteiger partial charge on any atom is -0.354 e. The molecule has 0 bridgehead atoms. The predicted octanol–water partition coefficient (Wildman–Crippen LogP) is 5.48. The van der Waals surface area contributed by atoms with Crippen LogP contribution in [0.25, 0.3) is 0 Å². The van der Waals surface area contributed by atoms with Gasteiger partial charge in [0.05, 0.1) is 11.9 Å². The maximum absolute atomic E-state index is 14.1. The van der Waals surface area contributed by atoms with Crippen molar-refractivity contribution in [1.29, 1.82) is 0 Å². The summed E-state index contributed by atoms with van der Waals surface area (Å²) in [5.74, 6) is -0.640. The van der Waals surface area contributed by atoms with Gasteiger partial charge in [-0.1, -0.05) is 85.6 Å². The number of hydrogen-bond donors (Lipinski definition) is 1. The maximum Gasteiger partial charge on any atom is 0.244 e. The van der Waals surface area contributed by atoms with Crippen LogP contribution in [0.3, 0.4) is 0 Å². The van der Waals surface area contributed by atoms with E-state index in [1.54, 1.807) is 49.4 Å². The fourth-order valence-corrected chi connectivity index (χ4v) is 5.42. The van der Waals surface area contributed by atoms with Crippen molar-refractivity contribution in [2.45, 2.75) is 39.8 Å². The molecule has 0 aliphatic heterocycles. The van der Waals surface area contributed by atoms with Gasteiger partial charge in [-0.05, 0) is 53.8 Å². The summed E-state index contributed by atoms with van der Waals surface area (Å²) in [7, 11) is -3.88. The van der Waals surface area contributed by atoms with E-state index in [2.05, 4.69) is 5.32 Å². The van der Waals surface area contributed by atoms with Crippen molar-refractivity contribution < 1.29 is 18.0 Å². The second-order valence-corrected chi connectivity index (χ2v) is 12.9. The molecule has 0 radical (unpaired) electrons. The van der Waals surface area contributed by atoms with Crippen LogP contribution in [0.4, 0.5) is 5.69 Å². The molecule has 3 rings (SSSR count). The van der Waals surface area contributed by atoms with E-state index in [1.807, 2.05) is 44.2 Å². The van der Waals surface area contributed by atoms with Crippen molar-refractivity contribution in [1.82, 2.24) is 10.2 Å². The average Bonchev–Trinajstić information content (AvgIpc) is 2.90. The van der Waals surface area contributed by atoms with E-state index < -0.39 is 28.5 Å². The molecule has 1 atom stereocenters. The number of carbonyl (C=O) groups is 2. The van der Waals surface area contributed by atoms with Crippen molar-refractivity contribution in [3.63, 3.8) is 0 Å². The molecule has 0 fully saturated rings. The van der Waals surface area contributed by atoms with Gasteiger partial charge in [0.2, 0.25) is 21.8 Å². The van der Waals surface area contributed by atoms with Gasteiger partial charge in [0.1, 0.15) is 12.6 Å². The molecule has 0 unspecified atom stereocenters. The second kappa shape index (κ2) is 14.0. The number of carbonyl (C=O) groups excluding carboxylic acids is 2. The van der Waals surface area contributed by atoms with Gasteiger partial charge >= 0.3 is 0 Å². The SMILES string of the molecule is Cc1c(Cl)cccc1N(CC(=O)N(Cc1ccc(Cl)cc1)[C@H](Cc1ccccc1)C(=O)NCC(C)C)S(C)(=O)=O. The number of anilines is 1. The van der Waals surface area contributed by atoms with Gasteiger partial charge in [0, 0.05) is 29.6 Å². The Bertz CT molecular complexity index is 1410. The molecule has 7 nitrogen and oxygen atoms in total. The smallest absolute Gasteiger partial charge is 0.244 e. The molecule has 1 N–H and O–H groups in total. The quantitative estimate of drug-likeness (QED) is 0.297. The monoisotopic (exact) mass is 603 g/mol. The Morgan fingerprint density at radius 1 is 0.900 bits per heavy atom. The Hall–Kier alpha value is -3.07. The molecule has 3 aromatic carbocycles. The molecular formula is C30H35Cl2N3O4S. The lowest BCUT2D eigenvalue weighted by atomic mass is 10.0. The average molecular weight is 605 g/mol. The van der Waals surface area contributed by atoms with Crippen molar-refractivity contribution in [3.8, 4) is 0 Å². The number of nitrogens with one attached hydrogen (secondary N) is 1. The lowest BCUT2D eigenvalue weighted by molar-refractivity contribution is -0.140. The Morgan fingerprint density at radius 3 is 2.15 bits per heavy atom. The van der Waals surface area contributed by atoms with Crippen molar-refractivity contribution in [2.24, 2.45) is 5.92 Å². The highest BCUT2D eigenvalue weighted by Gasteiger charge is 2.33. The zero-order chi connectivity index (χ0) is 29.4. The van der Waals surface area contributed by atoms with Crippen LogP contribution in [-0.2, 0) is 32.6 Å². The van der Waals surface area contributed by atoms with Gasteiger partial charge in [-0.15, -0.1) is 0 Å². The normalized spacial score (nSPS) is 12.2. The molecule has 0 heterocycles. The van der Waals surface area contributed by atoms with Gasteiger partial charge in [-0.3, -0.25) is 13.9 Å². The number of nitrogens with zero attached hydrogens (tertiary/aromatic N) is 2. The third-order valence-electron chi connectivity index (χ3n) is 6.41. The molecule has 10 heteroatoms. The van der Waals surface area contributed by atoms with Crippen molar-refractivity contribution in [2.75, 3.05) is 23.7 Å². The Balaban J connectivity index is 2.07. The predicted molar refractivity (Wildman–Crippen MR) is 162 cm³/mol. The standard InChI is InChI=1S/C30H35Cl2N3O4S/c1-21(2)18-33-30(37)28(17-23-9-6-5-7-10-23)34(19-24-13-15-25(31)16-14-24)29(36)20-35(40(4,38)39)27-12-8-11-26(32)22(27)3/h5-16,21,28H,17-20H2,1-4H3,(H,33,37)/t28-/m1/s1. The molecule has 0 aromatic heterocycles. The van der Waals surface area contributed by atoms with E-state index in [4.69, 9.17) is 23.2 Å². The first-order valence-electron chi connectivity index (χ1n) is 12.9. The van der Waals surface area contributed by atoms with E-state index in [1.165, 1.54) is 4.90 Å². The van der Waals surface area contributed by atoms with Crippen molar-refractivity contribution >= 4 is 50.7 Å². The summed E-state index contributed by atoms with van der Waals surface area (Å²) < 4.78 is 26.9. The Morgan fingerprint density at radius 2 is 1.55 bits per heavy atom. The molecule has 0 saturated carbocycles. The van der Waals surface area contributed by atoms with Crippen LogP contribution in [-0.4, -0.2) is 50.5 Å². The van der Waals surface area contributed by atoms with Gasteiger partial charge in [-0.25, -0.2) is 8.42 Å². The van der Waals surface area contributed by atoms with Gasteiger partial charge in [0.25, 0.3) is 0 Å². The summed E-state index contributed by atoms with van der Waals surface area (Å²) in [5.41, 5.74) is 2.45. The highest BCUT2D eigenvalue weighted by atomic mass is 35.5. The number of rotatable bonds is 12. The highest BCUT2D eigenvalue weighted by molar-refractivity contribution is 7.92. The van der Waals surface area contributed by atoms with Crippen LogP contribution in [0.5, 0.6) is 0 Å².